The van der Waals surface area contributed by atoms with Crippen molar-refractivity contribution in [2.24, 2.45) is 0 Å². The Kier molecular flexibility index (Phi) is 13.1. The fourth-order valence-electron chi connectivity index (χ4n) is 0.0884. The summed E-state index contributed by atoms with van der Waals surface area (Å²) < 4.78 is 0. The predicted octanol–water partition coefficient (Wildman–Crippen LogP) is 2.35. The van der Waals surface area contributed by atoms with Gasteiger partial charge in [0, 0.05) is 0 Å². The molecule has 0 heterocycles. The topological polar surface area (TPSA) is 47.7 Å². The zero-order chi connectivity index (χ0) is 6.99. The average molecular weight is 132 g/mol. The highest BCUT2D eigenvalue weighted by Crippen LogP contribution is 1.91. The first kappa shape index (κ1) is 10.6. The lowest BCUT2D eigenvalue weighted by molar-refractivity contribution is 1.50. The van der Waals surface area contributed by atoms with E-state index in [1.807, 2.05) is 13.8 Å². The van der Waals surface area contributed by atoms with Gasteiger partial charge in [0.05, 0.1) is 10.6 Å². The van der Waals surface area contributed by atoms with Crippen molar-refractivity contribution >= 4 is 22.4 Å². The van der Waals surface area contributed by atoms with Gasteiger partial charge in [-0.3, -0.25) is 5.41 Å². The molecule has 3 heteroatoms. The van der Waals surface area contributed by atoms with Gasteiger partial charge in [-0.25, -0.2) is 0 Å². The van der Waals surface area contributed by atoms with Crippen LogP contribution in [0.25, 0.3) is 0 Å². The van der Waals surface area contributed by atoms with Crippen molar-refractivity contribution in [3.8, 4) is 0 Å². The molecule has 2 N–H and O–H groups in total. The molecule has 0 aromatic heterocycles. The molecule has 0 atom stereocenters. The van der Waals surface area contributed by atoms with Crippen molar-refractivity contribution in [1.29, 1.82) is 10.8 Å². The molecule has 0 aromatic rings. The Morgan fingerprint density at radius 1 is 1.50 bits per heavy atom. The van der Waals surface area contributed by atoms with Gasteiger partial charge in [-0.1, -0.05) is 25.6 Å². The molecule has 0 saturated heterocycles. The highest BCUT2D eigenvalue weighted by molar-refractivity contribution is 8.24. The summed E-state index contributed by atoms with van der Waals surface area (Å²) in [6.45, 7) is 5.65. The van der Waals surface area contributed by atoms with Crippen LogP contribution in [-0.4, -0.2) is 10.6 Å². The second kappa shape index (κ2) is 9.85. The van der Waals surface area contributed by atoms with Crippen molar-refractivity contribution in [2.75, 3.05) is 0 Å². The lowest BCUT2D eigenvalue weighted by Crippen LogP contribution is -1.73. The molecule has 0 radical (unpaired) electrons. The SMILES string of the molecule is CC.CC(=N)SC=N. The number of nitrogens with one attached hydrogen (secondary N) is 2. The first-order valence-electron chi connectivity index (χ1n) is 2.48. The van der Waals surface area contributed by atoms with Crippen LogP contribution in [-0.2, 0) is 0 Å². The minimum Gasteiger partial charge on any atom is -0.301 e. The maximum Gasteiger partial charge on any atom is 0.0667 e. The van der Waals surface area contributed by atoms with Crippen LogP contribution in [0, 0.1) is 10.8 Å². The molecule has 0 bridgehead atoms. The van der Waals surface area contributed by atoms with Gasteiger partial charge in [-0.05, 0) is 6.92 Å². The van der Waals surface area contributed by atoms with Crippen molar-refractivity contribution in [3.05, 3.63) is 0 Å². The van der Waals surface area contributed by atoms with Crippen molar-refractivity contribution < 1.29 is 0 Å². The van der Waals surface area contributed by atoms with Crippen molar-refractivity contribution in [3.63, 3.8) is 0 Å². The third-order valence-electron chi connectivity index (χ3n) is 0.236. The van der Waals surface area contributed by atoms with Gasteiger partial charge in [0.25, 0.3) is 0 Å². The molecule has 0 fully saturated rings. The van der Waals surface area contributed by atoms with Crippen LogP contribution in [0.1, 0.15) is 20.8 Å². The molecule has 0 rings (SSSR count). The molecular formula is C5H12N2S. The maximum absolute atomic E-state index is 6.71. The third kappa shape index (κ3) is 17.3. The lowest BCUT2D eigenvalue weighted by Gasteiger charge is -1.78. The van der Waals surface area contributed by atoms with Gasteiger partial charge in [0.15, 0.2) is 0 Å². The van der Waals surface area contributed by atoms with E-state index < -0.39 is 0 Å². The molecule has 0 aromatic carbocycles. The summed E-state index contributed by atoms with van der Waals surface area (Å²) in [5, 5.41) is 13.6. The second-order valence-electron chi connectivity index (χ2n) is 0.792. The summed E-state index contributed by atoms with van der Waals surface area (Å²) in [7, 11) is 0. The van der Waals surface area contributed by atoms with E-state index in [2.05, 4.69) is 0 Å². The highest BCUT2D eigenvalue weighted by atomic mass is 32.2. The summed E-state index contributed by atoms with van der Waals surface area (Å²) in [5.74, 6) is 0. The summed E-state index contributed by atoms with van der Waals surface area (Å²) in [6.07, 6.45) is 0. The third-order valence-corrected chi connectivity index (χ3v) is 0.707. The molecular weight excluding hydrogens is 120 g/mol. The molecule has 2 nitrogen and oxygen atoms in total. The Bertz CT molecular complexity index is 70.8. The minimum absolute atomic E-state index is 0.463. The van der Waals surface area contributed by atoms with Crippen LogP contribution < -0.4 is 0 Å². The molecule has 0 unspecified atom stereocenters. The first-order chi connectivity index (χ1) is 3.77. The van der Waals surface area contributed by atoms with Crippen molar-refractivity contribution in [1.82, 2.24) is 0 Å². The number of thioether (sulfide) groups is 1. The summed E-state index contributed by atoms with van der Waals surface area (Å²) >= 11 is 1.11. The van der Waals surface area contributed by atoms with Crippen LogP contribution in [0.15, 0.2) is 0 Å². The Morgan fingerprint density at radius 3 is 1.88 bits per heavy atom. The van der Waals surface area contributed by atoms with E-state index in [0.29, 0.717) is 5.04 Å². The van der Waals surface area contributed by atoms with Crippen LogP contribution in [0.3, 0.4) is 0 Å². The van der Waals surface area contributed by atoms with Crippen LogP contribution in [0.5, 0.6) is 0 Å². The molecule has 48 valence electrons. The van der Waals surface area contributed by atoms with E-state index >= 15 is 0 Å². The molecule has 0 spiro atoms. The van der Waals surface area contributed by atoms with E-state index in [0.717, 1.165) is 17.3 Å². The first-order valence-corrected chi connectivity index (χ1v) is 3.36. The Hall–Kier alpha value is -0.310. The number of hydrogen-bond donors (Lipinski definition) is 2. The Balaban J connectivity index is 0. The van der Waals surface area contributed by atoms with Crippen LogP contribution in [0.2, 0.25) is 0 Å². The summed E-state index contributed by atoms with van der Waals surface area (Å²) in [6, 6.07) is 0. The maximum atomic E-state index is 6.71. The standard InChI is InChI=1S/C3H6N2S.C2H6/c1-3(5)6-2-4;1-2/h2,4-5H,1H3;1-2H3. The molecule has 0 aliphatic heterocycles. The van der Waals surface area contributed by atoms with Crippen LogP contribution >= 0.6 is 11.8 Å². The van der Waals surface area contributed by atoms with E-state index in [1.54, 1.807) is 6.92 Å². The lowest BCUT2D eigenvalue weighted by atomic mass is 10.9. The van der Waals surface area contributed by atoms with Gasteiger partial charge >= 0.3 is 0 Å². The number of rotatable bonds is 1. The minimum atomic E-state index is 0.463. The van der Waals surface area contributed by atoms with Gasteiger partial charge in [0.1, 0.15) is 0 Å². The fraction of sp³-hybridized carbons (Fsp3) is 0.600. The molecule has 0 aliphatic rings. The molecule has 0 amide bonds. The van der Waals surface area contributed by atoms with Crippen LogP contribution in [0.4, 0.5) is 0 Å². The molecule has 0 saturated carbocycles. The average Bonchev–Trinajstić information content (AvgIpc) is 1.72. The molecule has 8 heavy (non-hydrogen) atoms. The fourth-order valence-corrected chi connectivity index (χ4v) is 0.265. The normalized spacial score (nSPS) is 6.38. The molecule has 0 aliphatic carbocycles. The van der Waals surface area contributed by atoms with E-state index in [-0.39, 0.29) is 0 Å². The number of hydrogen-bond acceptors (Lipinski definition) is 3. The van der Waals surface area contributed by atoms with Gasteiger partial charge < -0.3 is 5.41 Å². The summed E-state index contributed by atoms with van der Waals surface area (Å²) in [5.41, 5.74) is 1.14. The Morgan fingerprint density at radius 2 is 1.88 bits per heavy atom. The quantitative estimate of drug-likeness (QED) is 0.417. The van der Waals surface area contributed by atoms with Crippen molar-refractivity contribution in [2.45, 2.75) is 20.8 Å². The summed E-state index contributed by atoms with van der Waals surface area (Å²) in [4.78, 5) is 0. The van der Waals surface area contributed by atoms with Gasteiger partial charge in [-0.15, -0.1) is 0 Å². The zero-order valence-electron chi connectivity index (χ0n) is 5.49. The monoisotopic (exact) mass is 132 g/mol. The van der Waals surface area contributed by atoms with Gasteiger partial charge in [-0.2, -0.15) is 0 Å². The zero-order valence-corrected chi connectivity index (χ0v) is 6.30. The predicted molar refractivity (Wildman–Crippen MR) is 41.1 cm³/mol. The largest absolute Gasteiger partial charge is 0.301 e. The Labute approximate surface area is 54.7 Å². The second-order valence-corrected chi connectivity index (χ2v) is 1.88. The van der Waals surface area contributed by atoms with E-state index in [1.165, 1.54) is 0 Å². The van der Waals surface area contributed by atoms with Gasteiger partial charge in [0.2, 0.25) is 0 Å². The van der Waals surface area contributed by atoms with E-state index in [4.69, 9.17) is 10.8 Å². The van der Waals surface area contributed by atoms with E-state index in [9.17, 15) is 0 Å². The highest BCUT2D eigenvalue weighted by Gasteiger charge is 1.76. The smallest absolute Gasteiger partial charge is 0.0667 e.